The van der Waals surface area contributed by atoms with Crippen LogP contribution in [0.3, 0.4) is 0 Å². The summed E-state index contributed by atoms with van der Waals surface area (Å²) in [4.78, 5) is 13.2. The summed E-state index contributed by atoms with van der Waals surface area (Å²) in [5.41, 5.74) is 10.6. The third-order valence-corrected chi connectivity index (χ3v) is 6.03. The van der Waals surface area contributed by atoms with Gasteiger partial charge in [0, 0.05) is 23.9 Å². The lowest BCUT2D eigenvalue weighted by atomic mass is 9.98. The van der Waals surface area contributed by atoms with E-state index in [9.17, 15) is 4.79 Å². The lowest BCUT2D eigenvalue weighted by Gasteiger charge is -2.21. The average Bonchev–Trinajstić information content (AvgIpc) is 3.34. The molecular formula is C30H29N3O2S. The van der Waals surface area contributed by atoms with Crippen LogP contribution in [-0.4, -0.2) is 16.6 Å². The molecule has 0 saturated heterocycles. The number of nitrogen functional groups attached to an aromatic ring is 1. The van der Waals surface area contributed by atoms with Crippen molar-refractivity contribution in [3.63, 3.8) is 0 Å². The van der Waals surface area contributed by atoms with Gasteiger partial charge >= 0.3 is 0 Å². The van der Waals surface area contributed by atoms with E-state index in [0.29, 0.717) is 12.1 Å². The first-order valence-corrected chi connectivity index (χ1v) is 12.2. The van der Waals surface area contributed by atoms with E-state index < -0.39 is 0 Å². The summed E-state index contributed by atoms with van der Waals surface area (Å²) in [6.07, 6.45) is 0.637. The smallest absolute Gasteiger partial charge is 0.240 e. The van der Waals surface area contributed by atoms with Gasteiger partial charge in [0.25, 0.3) is 0 Å². The highest BCUT2D eigenvalue weighted by Crippen LogP contribution is 2.35. The highest BCUT2D eigenvalue weighted by atomic mass is 32.1. The van der Waals surface area contributed by atoms with Crippen LogP contribution < -0.4 is 10.5 Å². The SMILES string of the molecule is CC(=O)N1N=C(c2ccc(N)cc2)CC1c1cccc(Oc2ccccc2)c1.Cc1ccc(S)cc1. The molecule has 1 aliphatic rings. The Morgan fingerprint density at radius 3 is 2.22 bits per heavy atom. The van der Waals surface area contributed by atoms with Gasteiger partial charge in [-0.15, -0.1) is 12.6 Å². The molecule has 0 radical (unpaired) electrons. The molecule has 2 N–H and O–H groups in total. The molecule has 1 atom stereocenters. The minimum atomic E-state index is -0.163. The Balaban J connectivity index is 0.000000325. The number of thiol groups is 1. The molecule has 0 aliphatic carbocycles. The average molecular weight is 496 g/mol. The number of hydrazone groups is 1. The van der Waals surface area contributed by atoms with Crippen molar-refractivity contribution in [2.75, 3.05) is 5.73 Å². The second-order valence-corrected chi connectivity index (χ2v) is 9.09. The zero-order valence-electron chi connectivity index (χ0n) is 20.3. The van der Waals surface area contributed by atoms with Gasteiger partial charge in [0.15, 0.2) is 0 Å². The number of para-hydroxylation sites is 1. The maximum absolute atomic E-state index is 12.2. The van der Waals surface area contributed by atoms with Gasteiger partial charge in [-0.1, -0.05) is 60.2 Å². The Bertz CT molecular complexity index is 1320. The quantitative estimate of drug-likeness (QED) is 0.236. The number of benzene rings is 4. The van der Waals surface area contributed by atoms with Crippen molar-refractivity contribution in [2.24, 2.45) is 5.10 Å². The van der Waals surface area contributed by atoms with Crippen LogP contribution in [0.5, 0.6) is 11.5 Å². The number of hydrogen-bond donors (Lipinski definition) is 2. The number of aryl methyl sites for hydroxylation is 1. The fourth-order valence-electron chi connectivity index (χ4n) is 3.86. The summed E-state index contributed by atoms with van der Waals surface area (Å²) in [6.45, 7) is 3.60. The number of carbonyl (C=O) groups is 1. The third kappa shape index (κ3) is 6.55. The molecule has 1 heterocycles. The van der Waals surface area contributed by atoms with Crippen molar-refractivity contribution in [1.82, 2.24) is 5.01 Å². The Kier molecular flexibility index (Phi) is 8.08. The van der Waals surface area contributed by atoms with E-state index >= 15 is 0 Å². The third-order valence-electron chi connectivity index (χ3n) is 5.73. The number of amides is 1. The topological polar surface area (TPSA) is 67.9 Å². The highest BCUT2D eigenvalue weighted by Gasteiger charge is 2.31. The first-order chi connectivity index (χ1) is 17.4. The molecule has 1 unspecified atom stereocenters. The van der Waals surface area contributed by atoms with Crippen LogP contribution in [0.2, 0.25) is 0 Å². The van der Waals surface area contributed by atoms with Crippen LogP contribution in [0.25, 0.3) is 0 Å². The van der Waals surface area contributed by atoms with E-state index in [2.05, 4.69) is 24.7 Å². The summed E-state index contributed by atoms with van der Waals surface area (Å²) in [5, 5.41) is 6.13. The molecule has 0 aromatic heterocycles. The lowest BCUT2D eigenvalue weighted by Crippen LogP contribution is -2.24. The van der Waals surface area contributed by atoms with E-state index in [1.54, 1.807) is 5.01 Å². The van der Waals surface area contributed by atoms with Gasteiger partial charge in [0.05, 0.1) is 11.8 Å². The minimum absolute atomic E-state index is 0.0928. The molecule has 4 aromatic carbocycles. The normalized spacial score (nSPS) is 14.5. The molecule has 1 aliphatic heterocycles. The van der Waals surface area contributed by atoms with E-state index in [4.69, 9.17) is 10.5 Å². The second-order valence-electron chi connectivity index (χ2n) is 8.58. The molecule has 5 nitrogen and oxygen atoms in total. The predicted molar refractivity (Wildman–Crippen MR) is 149 cm³/mol. The molecule has 0 saturated carbocycles. The number of hydrogen-bond acceptors (Lipinski definition) is 5. The number of anilines is 1. The molecular weight excluding hydrogens is 466 g/mol. The van der Waals surface area contributed by atoms with Crippen LogP contribution in [-0.2, 0) is 4.79 Å². The molecule has 36 heavy (non-hydrogen) atoms. The molecule has 0 spiro atoms. The number of nitrogens with zero attached hydrogens (tertiary/aromatic N) is 2. The standard InChI is InChI=1S/C23H21N3O2.C7H8S/c1-16(27)26-23(15-22(25-26)17-10-12-19(24)13-11-17)18-6-5-9-21(14-18)28-20-7-3-2-4-8-20;1-6-2-4-7(8)5-3-6/h2-14,23H,15,24H2,1H3;2-5,8H,1H3. The molecule has 1 amide bonds. The summed E-state index contributed by atoms with van der Waals surface area (Å²) in [6, 6.07) is 32.9. The van der Waals surface area contributed by atoms with Crippen molar-refractivity contribution in [3.05, 3.63) is 120 Å². The van der Waals surface area contributed by atoms with Gasteiger partial charge in [-0.05, 0) is 66.6 Å². The fraction of sp³-hybridized carbons (Fsp3) is 0.133. The monoisotopic (exact) mass is 495 g/mol. The highest BCUT2D eigenvalue weighted by molar-refractivity contribution is 7.80. The van der Waals surface area contributed by atoms with Crippen LogP contribution in [0.15, 0.2) is 113 Å². The first-order valence-electron chi connectivity index (χ1n) is 11.7. The van der Waals surface area contributed by atoms with Gasteiger partial charge in [0.2, 0.25) is 5.91 Å². The lowest BCUT2D eigenvalue weighted by molar-refractivity contribution is -0.130. The molecule has 5 rings (SSSR count). The van der Waals surface area contributed by atoms with Gasteiger partial charge in [-0.3, -0.25) is 4.79 Å². The second kappa shape index (κ2) is 11.6. The van der Waals surface area contributed by atoms with E-state index in [0.717, 1.165) is 33.2 Å². The van der Waals surface area contributed by atoms with Crippen LogP contribution in [0.1, 0.15) is 36.1 Å². The van der Waals surface area contributed by atoms with E-state index in [1.807, 2.05) is 103 Å². The largest absolute Gasteiger partial charge is 0.457 e. The summed E-state index contributed by atoms with van der Waals surface area (Å²) >= 11 is 4.13. The predicted octanol–water partition coefficient (Wildman–Crippen LogP) is 7.04. The molecule has 182 valence electrons. The number of carbonyl (C=O) groups excluding carboxylic acids is 1. The molecule has 4 aromatic rings. The zero-order chi connectivity index (χ0) is 25.5. The van der Waals surface area contributed by atoms with Crippen LogP contribution >= 0.6 is 12.6 Å². The van der Waals surface area contributed by atoms with Gasteiger partial charge in [-0.25, -0.2) is 5.01 Å². The Morgan fingerprint density at radius 1 is 0.917 bits per heavy atom. The summed E-state index contributed by atoms with van der Waals surface area (Å²) in [7, 11) is 0. The molecule has 6 heteroatoms. The van der Waals surface area contributed by atoms with Crippen LogP contribution in [0.4, 0.5) is 5.69 Å². The first kappa shape index (κ1) is 25.1. The Hall–Kier alpha value is -4.03. The molecule has 0 bridgehead atoms. The van der Waals surface area contributed by atoms with Crippen LogP contribution in [0, 0.1) is 6.92 Å². The molecule has 0 fully saturated rings. The van der Waals surface area contributed by atoms with Gasteiger partial charge in [0.1, 0.15) is 11.5 Å². The minimum Gasteiger partial charge on any atom is -0.457 e. The van der Waals surface area contributed by atoms with Crippen molar-refractivity contribution in [2.45, 2.75) is 31.2 Å². The maximum atomic E-state index is 12.2. The van der Waals surface area contributed by atoms with Gasteiger partial charge in [-0.2, -0.15) is 5.10 Å². The summed E-state index contributed by atoms with van der Waals surface area (Å²) in [5.74, 6) is 1.41. The van der Waals surface area contributed by atoms with Crippen molar-refractivity contribution >= 4 is 29.9 Å². The van der Waals surface area contributed by atoms with E-state index in [1.165, 1.54) is 12.5 Å². The summed E-state index contributed by atoms with van der Waals surface area (Å²) < 4.78 is 5.94. The van der Waals surface area contributed by atoms with E-state index in [-0.39, 0.29) is 11.9 Å². The Labute approximate surface area is 217 Å². The van der Waals surface area contributed by atoms with Crippen molar-refractivity contribution in [1.29, 1.82) is 0 Å². The number of nitrogens with two attached hydrogens (primary N) is 1. The number of rotatable bonds is 4. The Morgan fingerprint density at radius 2 is 1.58 bits per heavy atom. The zero-order valence-corrected chi connectivity index (χ0v) is 21.2. The number of ether oxygens (including phenoxy) is 1. The van der Waals surface area contributed by atoms with Crippen molar-refractivity contribution < 1.29 is 9.53 Å². The van der Waals surface area contributed by atoms with Gasteiger partial charge < -0.3 is 10.5 Å². The van der Waals surface area contributed by atoms with Crippen molar-refractivity contribution in [3.8, 4) is 11.5 Å². The maximum Gasteiger partial charge on any atom is 0.240 e. The fourth-order valence-corrected chi connectivity index (χ4v) is 4.01.